The van der Waals surface area contributed by atoms with Gasteiger partial charge in [-0.15, -0.1) is 0 Å². The third kappa shape index (κ3) is 2.78. The topological polar surface area (TPSA) is 57.8 Å². The molecule has 0 aliphatic heterocycles. The van der Waals surface area contributed by atoms with Gasteiger partial charge in [-0.2, -0.15) is 5.10 Å². The van der Waals surface area contributed by atoms with Gasteiger partial charge in [0.1, 0.15) is 0 Å². The molecule has 2 aromatic heterocycles. The van der Waals surface area contributed by atoms with Crippen LogP contribution in [0.25, 0.3) is 5.52 Å². The predicted octanol–water partition coefficient (Wildman–Crippen LogP) is 2.10. The Hall–Kier alpha value is -1.88. The van der Waals surface area contributed by atoms with Crippen LogP contribution >= 0.6 is 0 Å². The Balaban J connectivity index is 1.89. The van der Waals surface area contributed by atoms with Crippen molar-refractivity contribution in [1.82, 2.24) is 14.5 Å². The van der Waals surface area contributed by atoms with E-state index in [0.717, 1.165) is 31.2 Å². The molecule has 1 saturated carbocycles. The van der Waals surface area contributed by atoms with E-state index in [-0.39, 0.29) is 18.6 Å². The van der Waals surface area contributed by atoms with Crippen molar-refractivity contribution in [2.75, 3.05) is 13.2 Å². The number of carbonyl (C=O) groups excluding carboxylic acids is 1. The minimum atomic E-state index is -0.0165. The standard InChI is InChI=1S/C16H21N3O2/c20-11-10-18(13-6-2-1-3-7-13)16(21)14-12-17-19-9-5-4-8-15(14)19/h4-5,8-9,12-13,20H,1-3,6-7,10-11H2. The number of amides is 1. The second-order valence-electron chi connectivity index (χ2n) is 5.60. The molecule has 0 unspecified atom stereocenters. The van der Waals surface area contributed by atoms with E-state index in [9.17, 15) is 9.90 Å². The van der Waals surface area contributed by atoms with Gasteiger partial charge in [0.25, 0.3) is 5.91 Å². The Morgan fingerprint density at radius 3 is 2.90 bits per heavy atom. The Morgan fingerprint density at radius 2 is 2.14 bits per heavy atom. The lowest BCUT2D eigenvalue weighted by atomic mass is 9.93. The Morgan fingerprint density at radius 1 is 1.33 bits per heavy atom. The van der Waals surface area contributed by atoms with E-state index in [0.29, 0.717) is 12.1 Å². The number of pyridine rings is 1. The molecule has 1 aliphatic carbocycles. The first kappa shape index (κ1) is 14.1. The van der Waals surface area contributed by atoms with Gasteiger partial charge in [0.15, 0.2) is 0 Å². The van der Waals surface area contributed by atoms with Gasteiger partial charge < -0.3 is 10.0 Å². The van der Waals surface area contributed by atoms with Gasteiger partial charge in [0.2, 0.25) is 0 Å². The number of hydrogen-bond donors (Lipinski definition) is 1. The summed E-state index contributed by atoms with van der Waals surface area (Å²) in [5, 5.41) is 13.5. The molecule has 0 bridgehead atoms. The first-order chi connectivity index (χ1) is 10.3. The summed E-state index contributed by atoms with van der Waals surface area (Å²) in [5.41, 5.74) is 1.44. The molecule has 1 N–H and O–H groups in total. The van der Waals surface area contributed by atoms with E-state index in [1.165, 1.54) is 6.42 Å². The number of aliphatic hydroxyl groups is 1. The number of nitrogens with zero attached hydrogens (tertiary/aromatic N) is 3. The first-order valence-electron chi connectivity index (χ1n) is 7.65. The number of aromatic nitrogens is 2. The zero-order valence-electron chi connectivity index (χ0n) is 12.1. The van der Waals surface area contributed by atoms with Crippen LogP contribution in [0.3, 0.4) is 0 Å². The van der Waals surface area contributed by atoms with Crippen LogP contribution in [0.1, 0.15) is 42.5 Å². The number of hydrogen-bond acceptors (Lipinski definition) is 3. The van der Waals surface area contributed by atoms with Crippen LogP contribution in [0.15, 0.2) is 30.6 Å². The SMILES string of the molecule is O=C(c1cnn2ccccc12)N(CCO)C1CCCCC1. The fraction of sp³-hybridized carbons (Fsp3) is 0.500. The molecule has 0 radical (unpaired) electrons. The minimum Gasteiger partial charge on any atom is -0.395 e. The molecule has 0 spiro atoms. The molecule has 1 aliphatic rings. The maximum atomic E-state index is 12.9. The normalized spacial score (nSPS) is 16.2. The number of carbonyl (C=O) groups is 1. The smallest absolute Gasteiger partial charge is 0.258 e. The van der Waals surface area contributed by atoms with Gasteiger partial charge in [-0.3, -0.25) is 4.79 Å². The summed E-state index contributed by atoms with van der Waals surface area (Å²) in [6.07, 6.45) is 9.10. The Labute approximate surface area is 124 Å². The van der Waals surface area contributed by atoms with Crippen LogP contribution in [0.4, 0.5) is 0 Å². The molecule has 2 heterocycles. The third-order valence-electron chi connectivity index (χ3n) is 4.27. The van der Waals surface area contributed by atoms with Crippen molar-refractivity contribution < 1.29 is 9.90 Å². The van der Waals surface area contributed by atoms with Crippen molar-refractivity contribution in [3.63, 3.8) is 0 Å². The highest BCUT2D eigenvalue weighted by atomic mass is 16.3. The largest absolute Gasteiger partial charge is 0.395 e. The van der Waals surface area contributed by atoms with Crippen molar-refractivity contribution >= 4 is 11.4 Å². The van der Waals surface area contributed by atoms with Crippen LogP contribution in [0.2, 0.25) is 0 Å². The van der Waals surface area contributed by atoms with E-state index < -0.39 is 0 Å². The molecule has 0 atom stereocenters. The zero-order chi connectivity index (χ0) is 14.7. The molecule has 5 nitrogen and oxygen atoms in total. The third-order valence-corrected chi connectivity index (χ3v) is 4.27. The van der Waals surface area contributed by atoms with Crippen molar-refractivity contribution in [3.05, 3.63) is 36.2 Å². The molecule has 1 fully saturated rings. The lowest BCUT2D eigenvalue weighted by Gasteiger charge is -2.33. The minimum absolute atomic E-state index is 0.00144. The van der Waals surface area contributed by atoms with Crippen LogP contribution in [-0.4, -0.2) is 44.7 Å². The number of rotatable bonds is 4. The fourth-order valence-electron chi connectivity index (χ4n) is 3.20. The van der Waals surface area contributed by atoms with Crippen molar-refractivity contribution in [2.45, 2.75) is 38.1 Å². The van der Waals surface area contributed by atoms with Gasteiger partial charge in [0, 0.05) is 18.8 Å². The average molecular weight is 287 g/mol. The first-order valence-corrected chi connectivity index (χ1v) is 7.65. The second-order valence-corrected chi connectivity index (χ2v) is 5.60. The van der Waals surface area contributed by atoms with Gasteiger partial charge in [-0.1, -0.05) is 25.3 Å². The highest BCUT2D eigenvalue weighted by Crippen LogP contribution is 2.24. The molecule has 112 valence electrons. The average Bonchev–Trinajstić information content (AvgIpc) is 2.97. The quantitative estimate of drug-likeness (QED) is 0.937. The lowest BCUT2D eigenvalue weighted by molar-refractivity contribution is 0.0587. The summed E-state index contributed by atoms with van der Waals surface area (Å²) >= 11 is 0. The maximum absolute atomic E-state index is 12.9. The van der Waals surface area contributed by atoms with Crippen molar-refractivity contribution in [1.29, 1.82) is 0 Å². The molecular formula is C16H21N3O2. The summed E-state index contributed by atoms with van der Waals surface area (Å²) in [5.74, 6) is -0.0165. The lowest BCUT2D eigenvalue weighted by Crippen LogP contribution is -2.43. The second kappa shape index (κ2) is 6.26. The molecule has 0 aromatic carbocycles. The van der Waals surface area contributed by atoms with Crippen molar-refractivity contribution in [3.8, 4) is 0 Å². The Kier molecular flexibility index (Phi) is 4.20. The summed E-state index contributed by atoms with van der Waals surface area (Å²) in [4.78, 5) is 14.7. The Bertz CT molecular complexity index is 617. The zero-order valence-corrected chi connectivity index (χ0v) is 12.1. The highest BCUT2D eigenvalue weighted by molar-refractivity contribution is 6.00. The van der Waals surface area contributed by atoms with E-state index >= 15 is 0 Å². The van der Waals surface area contributed by atoms with Crippen LogP contribution in [-0.2, 0) is 0 Å². The van der Waals surface area contributed by atoms with E-state index in [1.54, 1.807) is 10.7 Å². The summed E-state index contributed by atoms with van der Waals surface area (Å²) in [7, 11) is 0. The molecule has 0 saturated heterocycles. The fourth-order valence-corrected chi connectivity index (χ4v) is 3.20. The molecule has 3 rings (SSSR count). The number of fused-ring (bicyclic) bond motifs is 1. The van der Waals surface area contributed by atoms with E-state index in [1.807, 2.05) is 29.3 Å². The van der Waals surface area contributed by atoms with Gasteiger partial charge in [-0.05, 0) is 25.0 Å². The van der Waals surface area contributed by atoms with Gasteiger partial charge >= 0.3 is 0 Å². The summed E-state index contributed by atoms with van der Waals surface area (Å²) < 4.78 is 1.71. The van der Waals surface area contributed by atoms with Gasteiger partial charge in [-0.25, -0.2) is 4.52 Å². The van der Waals surface area contributed by atoms with Gasteiger partial charge in [0.05, 0.1) is 23.9 Å². The van der Waals surface area contributed by atoms with E-state index in [2.05, 4.69) is 5.10 Å². The summed E-state index contributed by atoms with van der Waals surface area (Å²) in [6.45, 7) is 0.398. The highest BCUT2D eigenvalue weighted by Gasteiger charge is 2.27. The molecule has 2 aromatic rings. The van der Waals surface area contributed by atoms with Crippen LogP contribution < -0.4 is 0 Å². The summed E-state index contributed by atoms with van der Waals surface area (Å²) in [6, 6.07) is 5.95. The molecule has 1 amide bonds. The molecule has 5 heteroatoms. The maximum Gasteiger partial charge on any atom is 0.258 e. The predicted molar refractivity (Wildman–Crippen MR) is 80.2 cm³/mol. The number of aliphatic hydroxyl groups excluding tert-OH is 1. The monoisotopic (exact) mass is 287 g/mol. The molecule has 21 heavy (non-hydrogen) atoms. The van der Waals surface area contributed by atoms with Crippen LogP contribution in [0, 0.1) is 0 Å². The molecular weight excluding hydrogens is 266 g/mol. The van der Waals surface area contributed by atoms with Crippen LogP contribution in [0.5, 0.6) is 0 Å². The van der Waals surface area contributed by atoms with E-state index in [4.69, 9.17) is 0 Å². The van der Waals surface area contributed by atoms with Crippen molar-refractivity contribution in [2.24, 2.45) is 0 Å².